The molecule has 6 heteroatoms. The second-order valence-corrected chi connectivity index (χ2v) is 14.5. The van der Waals surface area contributed by atoms with Crippen LogP contribution in [0.3, 0.4) is 0 Å². The number of benzene rings is 4. The van der Waals surface area contributed by atoms with Gasteiger partial charge in [-0.25, -0.2) is 0 Å². The molecule has 54 heavy (non-hydrogen) atoms. The number of hydrogen-bond donors (Lipinski definition) is 2. The number of carbonyl (C=O) groups is 4. The molecular weight excluding hydrogens is 673 g/mol. The molecule has 0 saturated heterocycles. The molecule has 0 spiro atoms. The largest absolute Gasteiger partial charge is 0.480 e. The third-order valence-electron chi connectivity index (χ3n) is 10.7. The molecule has 0 atom stereocenters. The summed E-state index contributed by atoms with van der Waals surface area (Å²) in [5, 5.41) is 21.3. The van der Waals surface area contributed by atoms with Crippen molar-refractivity contribution in [1.82, 2.24) is 0 Å². The number of hydrogen-bond acceptors (Lipinski definition) is 4. The van der Waals surface area contributed by atoms with Crippen LogP contribution in [0.15, 0.2) is 109 Å². The van der Waals surface area contributed by atoms with Crippen molar-refractivity contribution in [3.05, 3.63) is 143 Å². The first-order chi connectivity index (χ1) is 26.1. The minimum atomic E-state index is -1.54. The number of ketones is 2. The smallest absolute Gasteiger partial charge is 0.317 e. The Morgan fingerprint density at radius 3 is 0.981 bits per heavy atom. The summed E-state index contributed by atoms with van der Waals surface area (Å²) in [4.78, 5) is 55.1. The lowest BCUT2D eigenvalue weighted by Gasteiger charge is -2.29. The molecule has 0 aliphatic carbocycles. The highest BCUT2D eigenvalue weighted by Gasteiger charge is 2.46. The topological polar surface area (TPSA) is 109 Å². The van der Waals surface area contributed by atoms with Crippen LogP contribution in [0.2, 0.25) is 0 Å². The highest BCUT2D eigenvalue weighted by Crippen LogP contribution is 2.41. The number of carboxylic acid groups (broad SMARTS) is 2. The average molecular weight is 729 g/mol. The zero-order valence-electron chi connectivity index (χ0n) is 32.4. The Morgan fingerprint density at radius 2 is 0.685 bits per heavy atom. The van der Waals surface area contributed by atoms with E-state index < -0.39 is 34.3 Å². The van der Waals surface area contributed by atoms with Crippen molar-refractivity contribution in [2.45, 2.75) is 105 Å². The Morgan fingerprint density at radius 1 is 0.407 bits per heavy atom. The molecule has 0 radical (unpaired) electrons. The van der Waals surface area contributed by atoms with E-state index in [0.29, 0.717) is 47.9 Å². The molecule has 0 bridgehead atoms. The van der Waals surface area contributed by atoms with Gasteiger partial charge in [-0.05, 0) is 71.2 Å². The number of carboxylic acids is 2. The van der Waals surface area contributed by atoms with Crippen molar-refractivity contribution in [2.75, 3.05) is 0 Å². The lowest BCUT2D eigenvalue weighted by Crippen LogP contribution is -2.39. The normalized spacial score (nSPS) is 11.6. The fourth-order valence-corrected chi connectivity index (χ4v) is 7.55. The Kier molecular flexibility index (Phi) is 15.3. The minimum Gasteiger partial charge on any atom is -0.480 e. The zero-order chi connectivity index (χ0) is 39.1. The first kappa shape index (κ1) is 41.7. The van der Waals surface area contributed by atoms with Gasteiger partial charge < -0.3 is 10.2 Å². The number of unbranched alkanes of at least 4 members (excludes halogenated alkanes) is 4. The number of aliphatic carboxylic acids is 2. The lowest BCUT2D eigenvalue weighted by molar-refractivity contribution is -0.147. The molecule has 4 aromatic carbocycles. The van der Waals surface area contributed by atoms with E-state index in [-0.39, 0.29) is 25.7 Å². The molecule has 0 amide bonds. The average Bonchev–Trinajstić information content (AvgIpc) is 3.20. The van der Waals surface area contributed by atoms with E-state index in [9.17, 15) is 29.4 Å². The van der Waals surface area contributed by atoms with Crippen LogP contribution >= 0.6 is 0 Å². The molecule has 0 aliphatic heterocycles. The standard InChI is InChI=1S/C48H56O6/c1-5-9-29-47(45(51)52,30-10-6-2)43(49)39-27-19-25-37(33-39)42(41(35-21-15-13-16-22-35)36-23-17-14-18-24-36)38-26-20-28-40(34-38)44(50)48(46(53)54,31-11-7-3)32-12-8-4/h13-28,33-34H,5-12,29-32H2,1-4H3,(H,51,52)(H,53,54). The van der Waals surface area contributed by atoms with Crippen LogP contribution in [0.5, 0.6) is 0 Å². The van der Waals surface area contributed by atoms with Gasteiger partial charge >= 0.3 is 11.9 Å². The summed E-state index contributed by atoms with van der Waals surface area (Å²) < 4.78 is 0. The first-order valence-corrected chi connectivity index (χ1v) is 19.7. The molecule has 0 aromatic heterocycles. The van der Waals surface area contributed by atoms with Crippen LogP contribution in [0.4, 0.5) is 0 Å². The van der Waals surface area contributed by atoms with Crippen LogP contribution < -0.4 is 0 Å². The summed E-state index contributed by atoms with van der Waals surface area (Å²) in [6.07, 6.45) is 6.60. The lowest BCUT2D eigenvalue weighted by atomic mass is 9.72. The van der Waals surface area contributed by atoms with E-state index in [2.05, 4.69) is 0 Å². The van der Waals surface area contributed by atoms with Gasteiger partial charge in [0, 0.05) is 11.1 Å². The van der Waals surface area contributed by atoms with Crippen molar-refractivity contribution >= 4 is 34.7 Å². The highest BCUT2D eigenvalue weighted by atomic mass is 16.4. The second kappa shape index (κ2) is 19.8. The molecular formula is C48H56O6. The van der Waals surface area contributed by atoms with Gasteiger partial charge in [0.05, 0.1) is 0 Å². The van der Waals surface area contributed by atoms with Crippen molar-refractivity contribution in [3.8, 4) is 0 Å². The Labute approximate surface area is 321 Å². The van der Waals surface area contributed by atoms with Crippen LogP contribution in [-0.4, -0.2) is 33.7 Å². The summed E-state index contributed by atoms with van der Waals surface area (Å²) in [7, 11) is 0. The fourth-order valence-electron chi connectivity index (χ4n) is 7.55. The minimum absolute atomic E-state index is 0.259. The number of Topliss-reactive ketones (excluding diaryl/α,β-unsaturated/α-hetero) is 2. The fraction of sp³-hybridized carbons (Fsp3) is 0.375. The zero-order valence-corrected chi connectivity index (χ0v) is 32.4. The third kappa shape index (κ3) is 9.33. The first-order valence-electron chi connectivity index (χ1n) is 19.7. The van der Waals surface area contributed by atoms with Crippen LogP contribution in [-0.2, 0) is 9.59 Å². The van der Waals surface area contributed by atoms with Gasteiger partial charge in [0.2, 0.25) is 0 Å². The maximum absolute atomic E-state index is 14.5. The van der Waals surface area contributed by atoms with Gasteiger partial charge in [-0.2, -0.15) is 0 Å². The maximum Gasteiger partial charge on any atom is 0.317 e. The third-order valence-corrected chi connectivity index (χ3v) is 10.7. The molecule has 0 fully saturated rings. The number of rotatable bonds is 22. The van der Waals surface area contributed by atoms with E-state index >= 15 is 0 Å². The Balaban J connectivity index is 2.05. The van der Waals surface area contributed by atoms with Gasteiger partial charge in [0.1, 0.15) is 10.8 Å². The van der Waals surface area contributed by atoms with E-state index in [1.54, 1.807) is 36.4 Å². The van der Waals surface area contributed by atoms with E-state index in [1.165, 1.54) is 0 Å². The van der Waals surface area contributed by atoms with E-state index in [1.807, 2.05) is 100 Å². The van der Waals surface area contributed by atoms with Crippen molar-refractivity contribution < 1.29 is 29.4 Å². The predicted octanol–water partition coefficient (Wildman–Crippen LogP) is 12.0. The van der Waals surface area contributed by atoms with Gasteiger partial charge in [-0.1, -0.05) is 176 Å². The molecule has 4 aromatic rings. The summed E-state index contributed by atoms with van der Waals surface area (Å²) in [5.74, 6) is -2.99. The summed E-state index contributed by atoms with van der Waals surface area (Å²) >= 11 is 0. The van der Waals surface area contributed by atoms with Crippen molar-refractivity contribution in [1.29, 1.82) is 0 Å². The maximum atomic E-state index is 14.5. The SMILES string of the molecule is CCCCC(CCCC)(C(=O)O)C(=O)c1cccc(C(=C(c2ccccc2)c2ccccc2)c2cccc(C(=O)C(CCCC)(CCCC)C(=O)O)c2)c1. The summed E-state index contributed by atoms with van der Waals surface area (Å²) in [6.45, 7) is 7.99. The highest BCUT2D eigenvalue weighted by molar-refractivity contribution is 6.14. The number of carbonyl (C=O) groups excluding carboxylic acids is 2. The Hall–Kier alpha value is -5.10. The Bertz CT molecular complexity index is 1750. The van der Waals surface area contributed by atoms with Gasteiger partial charge in [0.25, 0.3) is 0 Å². The van der Waals surface area contributed by atoms with Crippen LogP contribution in [0, 0.1) is 10.8 Å². The van der Waals surface area contributed by atoms with Crippen LogP contribution in [0.1, 0.15) is 148 Å². The second-order valence-electron chi connectivity index (χ2n) is 14.5. The van der Waals surface area contributed by atoms with E-state index in [4.69, 9.17) is 0 Å². The van der Waals surface area contributed by atoms with Gasteiger partial charge in [-0.3, -0.25) is 19.2 Å². The van der Waals surface area contributed by atoms with E-state index in [0.717, 1.165) is 48.0 Å². The molecule has 0 aliphatic rings. The molecule has 4 rings (SSSR count). The van der Waals surface area contributed by atoms with Crippen molar-refractivity contribution in [3.63, 3.8) is 0 Å². The molecule has 0 saturated carbocycles. The predicted molar refractivity (Wildman–Crippen MR) is 218 cm³/mol. The van der Waals surface area contributed by atoms with Gasteiger partial charge in [0.15, 0.2) is 11.6 Å². The summed E-state index contributed by atoms with van der Waals surface area (Å²) in [5.41, 5.74) is 2.32. The molecule has 2 N–H and O–H groups in total. The summed E-state index contributed by atoms with van der Waals surface area (Å²) in [6, 6.07) is 34.2. The van der Waals surface area contributed by atoms with Gasteiger partial charge in [-0.15, -0.1) is 0 Å². The molecule has 284 valence electrons. The van der Waals surface area contributed by atoms with Crippen molar-refractivity contribution in [2.24, 2.45) is 10.8 Å². The molecule has 0 heterocycles. The van der Waals surface area contributed by atoms with Crippen LogP contribution in [0.25, 0.3) is 11.1 Å². The monoisotopic (exact) mass is 728 g/mol. The molecule has 6 nitrogen and oxygen atoms in total. The molecule has 0 unspecified atom stereocenters. The quantitative estimate of drug-likeness (QED) is 0.0474.